The molecule has 0 amide bonds. The Labute approximate surface area is 113 Å². The van der Waals surface area contributed by atoms with E-state index in [9.17, 15) is 0 Å². The highest BCUT2D eigenvalue weighted by Gasteiger charge is 2.48. The molecule has 3 heterocycles. The zero-order chi connectivity index (χ0) is 12.6. The normalized spacial score (nSPS) is 33.3. The summed E-state index contributed by atoms with van der Waals surface area (Å²) in [4.78, 5) is 2.43. The number of hydrogen-bond donors (Lipinski definition) is 1. The molecule has 0 radical (unpaired) electrons. The Morgan fingerprint density at radius 1 is 1.32 bits per heavy atom. The maximum atomic E-state index is 6.07. The summed E-state index contributed by atoms with van der Waals surface area (Å²) in [5.74, 6) is 1.95. The first-order chi connectivity index (χ1) is 9.25. The molecule has 19 heavy (non-hydrogen) atoms. The molecule has 1 unspecified atom stereocenters. The minimum absolute atomic E-state index is 0.297. The summed E-state index contributed by atoms with van der Waals surface area (Å²) in [6.07, 6.45) is 3.80. The van der Waals surface area contributed by atoms with Crippen LogP contribution in [0, 0.1) is 0 Å². The summed E-state index contributed by atoms with van der Waals surface area (Å²) < 4.78 is 6.07. The molecule has 2 fully saturated rings. The van der Waals surface area contributed by atoms with Gasteiger partial charge >= 0.3 is 0 Å². The minimum Gasteiger partial charge on any atom is -0.492 e. The van der Waals surface area contributed by atoms with Gasteiger partial charge in [0.05, 0.1) is 6.61 Å². The number of piperidine rings is 1. The lowest BCUT2D eigenvalue weighted by atomic mass is 9.74. The number of anilines is 1. The lowest BCUT2D eigenvalue weighted by molar-refractivity contribution is 0.155. The van der Waals surface area contributed by atoms with Crippen LogP contribution >= 0.6 is 0 Å². The van der Waals surface area contributed by atoms with Gasteiger partial charge in [0, 0.05) is 28.6 Å². The van der Waals surface area contributed by atoms with Crippen LogP contribution in [0.15, 0.2) is 12.1 Å². The van der Waals surface area contributed by atoms with Gasteiger partial charge in [-0.3, -0.25) is 0 Å². The number of nitrogens with one attached hydrogen (secondary N) is 1. The molecule has 1 saturated heterocycles. The topological polar surface area (TPSA) is 24.5 Å². The largest absolute Gasteiger partial charge is 0.492 e. The van der Waals surface area contributed by atoms with E-state index in [0.717, 1.165) is 18.6 Å². The van der Waals surface area contributed by atoms with E-state index in [1.807, 2.05) is 0 Å². The van der Waals surface area contributed by atoms with Crippen LogP contribution in [0.4, 0.5) is 5.69 Å². The minimum atomic E-state index is 0.297. The first-order valence-electron chi connectivity index (χ1n) is 7.52. The highest BCUT2D eigenvalue weighted by atomic mass is 16.5. The maximum absolute atomic E-state index is 6.07. The van der Waals surface area contributed by atoms with Gasteiger partial charge in [-0.25, -0.2) is 0 Å². The van der Waals surface area contributed by atoms with Crippen molar-refractivity contribution < 1.29 is 4.74 Å². The zero-order valence-electron chi connectivity index (χ0n) is 11.4. The second-order valence-electron chi connectivity index (χ2n) is 6.90. The molecule has 1 aromatic rings. The summed E-state index contributed by atoms with van der Waals surface area (Å²) >= 11 is 0. The highest BCUT2D eigenvalue weighted by molar-refractivity contribution is 5.69. The third-order valence-electron chi connectivity index (χ3n) is 5.70. The second-order valence-corrected chi connectivity index (χ2v) is 6.90. The van der Waals surface area contributed by atoms with Gasteiger partial charge < -0.3 is 15.0 Å². The van der Waals surface area contributed by atoms with Gasteiger partial charge in [0.1, 0.15) is 5.75 Å². The van der Waals surface area contributed by atoms with Gasteiger partial charge in [-0.05, 0) is 57.1 Å². The predicted molar refractivity (Wildman–Crippen MR) is 75.1 cm³/mol. The van der Waals surface area contributed by atoms with Gasteiger partial charge in [-0.2, -0.15) is 0 Å². The van der Waals surface area contributed by atoms with E-state index in [2.05, 4.69) is 29.4 Å². The highest BCUT2D eigenvalue weighted by Crippen LogP contribution is 2.56. The van der Waals surface area contributed by atoms with Crippen molar-refractivity contribution in [3.63, 3.8) is 0 Å². The molecular formula is C16H20N2O. The van der Waals surface area contributed by atoms with E-state index in [0.29, 0.717) is 5.41 Å². The molecule has 1 saturated carbocycles. The molecule has 5 rings (SSSR count). The standard InChI is InChI=1S/C16H20N2O/c1-18-4-2-16(3-5-18)9-19-15-7-11-10-6-13(10)17-14(11)8-12(15)16/h7-8,10,13,17H,2-6,9H2,1H3/t10?,13-/m1/s1. The van der Waals surface area contributed by atoms with Crippen molar-refractivity contribution in [2.75, 3.05) is 32.1 Å². The van der Waals surface area contributed by atoms with Crippen molar-refractivity contribution >= 4 is 5.69 Å². The molecule has 1 N–H and O–H groups in total. The molecule has 3 heteroatoms. The lowest BCUT2D eigenvalue weighted by Gasteiger charge is -2.36. The Morgan fingerprint density at radius 2 is 2.16 bits per heavy atom. The molecule has 0 bridgehead atoms. The summed E-state index contributed by atoms with van der Waals surface area (Å²) in [5, 5.41) is 3.67. The van der Waals surface area contributed by atoms with Crippen molar-refractivity contribution in [3.8, 4) is 5.75 Å². The van der Waals surface area contributed by atoms with E-state index < -0.39 is 0 Å². The second kappa shape index (κ2) is 3.26. The SMILES string of the molecule is CN1CCC2(CC1)COc1cc3c(cc12)N[C@@H]1CC31. The molecule has 2 atom stereocenters. The molecule has 1 aromatic carbocycles. The van der Waals surface area contributed by atoms with Crippen LogP contribution in [0.25, 0.3) is 0 Å². The van der Waals surface area contributed by atoms with Crippen LogP contribution in [0.5, 0.6) is 5.75 Å². The van der Waals surface area contributed by atoms with Crippen LogP contribution in [0.3, 0.4) is 0 Å². The summed E-state index contributed by atoms with van der Waals surface area (Å²) in [7, 11) is 2.22. The quantitative estimate of drug-likeness (QED) is 0.771. The Kier molecular flexibility index (Phi) is 1.81. The summed E-state index contributed by atoms with van der Waals surface area (Å²) in [5.41, 5.74) is 4.68. The van der Waals surface area contributed by atoms with E-state index in [4.69, 9.17) is 4.74 Å². The van der Waals surface area contributed by atoms with Crippen molar-refractivity contribution in [1.82, 2.24) is 4.90 Å². The Balaban J connectivity index is 1.58. The lowest BCUT2D eigenvalue weighted by Crippen LogP contribution is -2.41. The Hall–Kier alpha value is -1.22. The van der Waals surface area contributed by atoms with E-state index in [1.54, 1.807) is 0 Å². The fourth-order valence-electron chi connectivity index (χ4n) is 4.21. The molecule has 100 valence electrons. The number of fused-ring (bicyclic) bond motifs is 5. The molecule has 0 aromatic heterocycles. The fourth-order valence-corrected chi connectivity index (χ4v) is 4.21. The van der Waals surface area contributed by atoms with Crippen molar-refractivity contribution in [2.24, 2.45) is 0 Å². The van der Waals surface area contributed by atoms with Gasteiger partial charge in [-0.15, -0.1) is 0 Å². The van der Waals surface area contributed by atoms with Crippen molar-refractivity contribution in [2.45, 2.75) is 36.6 Å². The number of likely N-dealkylation sites (tertiary alicyclic amines) is 1. The zero-order valence-corrected chi connectivity index (χ0v) is 11.4. The fraction of sp³-hybridized carbons (Fsp3) is 0.625. The molecule has 1 aliphatic carbocycles. The first kappa shape index (κ1) is 10.6. The maximum Gasteiger partial charge on any atom is 0.123 e. The van der Waals surface area contributed by atoms with Gasteiger partial charge in [0.25, 0.3) is 0 Å². The van der Waals surface area contributed by atoms with Crippen LogP contribution in [-0.4, -0.2) is 37.7 Å². The third kappa shape index (κ3) is 1.32. The number of hydrogen-bond acceptors (Lipinski definition) is 3. The number of rotatable bonds is 0. The Morgan fingerprint density at radius 3 is 3.00 bits per heavy atom. The molecule has 3 nitrogen and oxygen atoms in total. The predicted octanol–water partition coefficient (Wildman–Crippen LogP) is 2.32. The molecule has 3 aliphatic heterocycles. The Bertz CT molecular complexity index is 560. The van der Waals surface area contributed by atoms with Crippen LogP contribution in [0.1, 0.15) is 36.3 Å². The molecule has 4 aliphatic rings. The average Bonchev–Trinajstić information content (AvgIpc) is 2.99. The van der Waals surface area contributed by atoms with Crippen LogP contribution < -0.4 is 10.1 Å². The molecule has 1 spiro atoms. The summed E-state index contributed by atoms with van der Waals surface area (Å²) in [6.45, 7) is 3.28. The van der Waals surface area contributed by atoms with Crippen LogP contribution in [-0.2, 0) is 5.41 Å². The van der Waals surface area contributed by atoms with Crippen LogP contribution in [0.2, 0.25) is 0 Å². The monoisotopic (exact) mass is 256 g/mol. The first-order valence-corrected chi connectivity index (χ1v) is 7.52. The number of ether oxygens (including phenoxy) is 1. The summed E-state index contributed by atoms with van der Waals surface area (Å²) in [6, 6.07) is 5.48. The van der Waals surface area contributed by atoms with Gasteiger partial charge in [-0.1, -0.05) is 0 Å². The number of nitrogens with zero attached hydrogens (tertiary/aromatic N) is 1. The smallest absolute Gasteiger partial charge is 0.123 e. The van der Waals surface area contributed by atoms with Gasteiger partial charge in [0.2, 0.25) is 0 Å². The number of benzene rings is 1. The third-order valence-corrected chi connectivity index (χ3v) is 5.70. The van der Waals surface area contributed by atoms with E-state index >= 15 is 0 Å². The molecular weight excluding hydrogens is 236 g/mol. The van der Waals surface area contributed by atoms with Crippen molar-refractivity contribution in [1.29, 1.82) is 0 Å². The average molecular weight is 256 g/mol. The van der Waals surface area contributed by atoms with E-state index in [1.165, 1.54) is 54.9 Å². The van der Waals surface area contributed by atoms with Crippen molar-refractivity contribution in [3.05, 3.63) is 23.3 Å². The van der Waals surface area contributed by atoms with Gasteiger partial charge in [0.15, 0.2) is 0 Å². The van der Waals surface area contributed by atoms with E-state index in [-0.39, 0.29) is 0 Å².